The summed E-state index contributed by atoms with van der Waals surface area (Å²) in [5, 5.41) is 20.9. The van der Waals surface area contributed by atoms with E-state index in [1.807, 2.05) is 26.2 Å². The Balaban J connectivity index is 0.00000145. The summed E-state index contributed by atoms with van der Waals surface area (Å²) in [5.41, 5.74) is 0.0320. The molecule has 0 spiro atoms. The van der Waals surface area contributed by atoms with Gasteiger partial charge >= 0.3 is 0 Å². The van der Waals surface area contributed by atoms with Crippen LogP contribution in [-0.2, 0) is 12.0 Å². The molecule has 1 amide bonds. The van der Waals surface area contributed by atoms with Gasteiger partial charge in [0.1, 0.15) is 17.1 Å². The van der Waals surface area contributed by atoms with Crippen molar-refractivity contribution in [2.45, 2.75) is 53.6 Å². The van der Waals surface area contributed by atoms with Gasteiger partial charge in [0.2, 0.25) is 0 Å². The summed E-state index contributed by atoms with van der Waals surface area (Å²) in [4.78, 5) is 20.6. The summed E-state index contributed by atoms with van der Waals surface area (Å²) in [6.07, 6.45) is 3.63. The van der Waals surface area contributed by atoms with Crippen LogP contribution in [0.5, 0.6) is 0 Å². The maximum absolute atomic E-state index is 13.0. The molecule has 0 fully saturated rings. The fourth-order valence-electron chi connectivity index (χ4n) is 2.87. The van der Waals surface area contributed by atoms with Crippen LogP contribution in [0.4, 0.5) is 0 Å². The van der Waals surface area contributed by atoms with E-state index >= 15 is 0 Å². The Morgan fingerprint density at radius 3 is 2.52 bits per heavy atom. The van der Waals surface area contributed by atoms with Crippen molar-refractivity contribution in [3.05, 3.63) is 46.7 Å². The lowest BCUT2D eigenvalue weighted by Crippen LogP contribution is -2.33. The van der Waals surface area contributed by atoms with E-state index in [0.29, 0.717) is 47.4 Å². The van der Waals surface area contributed by atoms with Crippen LogP contribution < -0.4 is 0 Å². The van der Waals surface area contributed by atoms with Crippen molar-refractivity contribution in [1.29, 1.82) is 0 Å². The Hall–Kier alpha value is -2.52. The molecule has 0 bridgehead atoms. The number of rotatable bonds is 7. The molecule has 3 aromatic heterocycles. The highest BCUT2D eigenvalue weighted by Crippen LogP contribution is 2.24. The van der Waals surface area contributed by atoms with Crippen molar-refractivity contribution in [3.8, 4) is 5.00 Å². The molecular weight excluding hydrogens is 390 g/mol. The van der Waals surface area contributed by atoms with Gasteiger partial charge in [0.05, 0.1) is 18.0 Å². The van der Waals surface area contributed by atoms with E-state index in [1.165, 1.54) is 16.1 Å². The van der Waals surface area contributed by atoms with Crippen LogP contribution in [-0.4, -0.2) is 49.0 Å². The number of thiophene rings is 1. The molecule has 8 nitrogen and oxygen atoms in total. The Morgan fingerprint density at radius 1 is 1.31 bits per heavy atom. The normalized spacial score (nSPS) is 11.1. The minimum absolute atomic E-state index is 0.0861. The summed E-state index contributed by atoms with van der Waals surface area (Å²) < 4.78 is 5.66. The van der Waals surface area contributed by atoms with Gasteiger partial charge in [-0.15, -0.1) is 16.1 Å². The first-order valence-corrected chi connectivity index (χ1v) is 10.6. The molecule has 3 rings (SSSR count). The van der Waals surface area contributed by atoms with Crippen molar-refractivity contribution in [3.63, 3.8) is 0 Å². The Bertz CT molecular complexity index is 909. The molecule has 3 aromatic rings. The Morgan fingerprint density at radius 2 is 1.97 bits per heavy atom. The number of nitrogens with zero attached hydrogens (tertiary/aromatic N) is 5. The predicted octanol–water partition coefficient (Wildman–Crippen LogP) is 3.58. The topological polar surface area (TPSA) is 97.3 Å². The lowest BCUT2D eigenvalue weighted by atomic mass is 10.0. The number of amides is 1. The van der Waals surface area contributed by atoms with Crippen molar-refractivity contribution in [2.24, 2.45) is 0 Å². The molecule has 29 heavy (non-hydrogen) atoms. The van der Waals surface area contributed by atoms with Crippen molar-refractivity contribution in [2.75, 3.05) is 13.1 Å². The number of likely N-dealkylation sites (N-methyl/N-ethyl adjacent to an activating group) is 1. The molecule has 0 saturated carbocycles. The lowest BCUT2D eigenvalue weighted by Gasteiger charge is -2.20. The van der Waals surface area contributed by atoms with Gasteiger partial charge in [0, 0.05) is 19.5 Å². The average molecular weight is 420 g/mol. The summed E-state index contributed by atoms with van der Waals surface area (Å²) in [5.74, 6) is 1.02. The third-order valence-corrected chi connectivity index (χ3v) is 5.04. The number of aliphatic hydroxyl groups is 1. The molecule has 0 aliphatic rings. The van der Waals surface area contributed by atoms with Crippen molar-refractivity contribution < 1.29 is 14.3 Å². The van der Waals surface area contributed by atoms with Gasteiger partial charge in [-0.2, -0.15) is 10.2 Å². The van der Waals surface area contributed by atoms with E-state index in [0.717, 1.165) is 0 Å². The molecule has 0 atom stereocenters. The molecule has 158 valence electrons. The number of hydrogen-bond acceptors (Lipinski definition) is 7. The highest BCUT2D eigenvalue weighted by atomic mass is 32.1. The average Bonchev–Trinajstić information content (AvgIpc) is 3.43. The number of hydrogen-bond donors (Lipinski definition) is 1. The maximum atomic E-state index is 13.0. The molecule has 0 aliphatic carbocycles. The molecule has 0 aromatic carbocycles. The number of aromatic nitrogens is 4. The van der Waals surface area contributed by atoms with Gasteiger partial charge in [0.15, 0.2) is 10.9 Å². The second kappa shape index (κ2) is 9.80. The molecular formula is C20H29N5O3S. The Kier molecular flexibility index (Phi) is 7.69. The second-order valence-electron chi connectivity index (χ2n) is 6.66. The van der Waals surface area contributed by atoms with Crippen LogP contribution >= 0.6 is 11.3 Å². The fourth-order valence-corrected chi connectivity index (χ4v) is 3.67. The van der Waals surface area contributed by atoms with Crippen molar-refractivity contribution >= 4 is 17.2 Å². The first-order valence-electron chi connectivity index (χ1n) is 9.74. The van der Waals surface area contributed by atoms with Crippen LogP contribution in [0.1, 0.15) is 62.3 Å². The maximum Gasteiger partial charge on any atom is 0.257 e. The van der Waals surface area contributed by atoms with E-state index in [-0.39, 0.29) is 5.91 Å². The van der Waals surface area contributed by atoms with Gasteiger partial charge in [-0.1, -0.05) is 13.8 Å². The van der Waals surface area contributed by atoms with Crippen LogP contribution in [0.2, 0.25) is 0 Å². The number of carbonyl (C=O) groups excluding carboxylic acids is 1. The largest absolute Gasteiger partial charge is 0.446 e. The van der Waals surface area contributed by atoms with Crippen molar-refractivity contribution in [1.82, 2.24) is 24.9 Å². The monoisotopic (exact) mass is 419 g/mol. The number of aryl methyl sites for hydroxylation is 1. The fraction of sp³-hybridized carbons (Fsp3) is 0.500. The zero-order valence-electron chi connectivity index (χ0n) is 17.8. The summed E-state index contributed by atoms with van der Waals surface area (Å²) in [7, 11) is 0. The van der Waals surface area contributed by atoms with Gasteiger partial charge in [0.25, 0.3) is 5.91 Å². The minimum atomic E-state index is -1.06. The smallest absolute Gasteiger partial charge is 0.257 e. The van der Waals surface area contributed by atoms with E-state index in [2.05, 4.69) is 15.2 Å². The standard InChI is InChI=1S/C18H23N5O3S.C2H6/c1-5-22(10-6-14-21-15(12(2)26-14)18(3,4)25)16(24)13-7-11-27-17(13)23-19-8-9-20-23;1-2/h7-9,11,25H,5-6,10H2,1-4H3;1-2H3. The molecule has 3 heterocycles. The Labute approximate surface area is 175 Å². The van der Waals surface area contributed by atoms with E-state index in [4.69, 9.17) is 4.42 Å². The third-order valence-electron chi connectivity index (χ3n) is 4.16. The molecule has 0 saturated heterocycles. The predicted molar refractivity (Wildman–Crippen MR) is 112 cm³/mol. The van der Waals surface area contributed by atoms with E-state index < -0.39 is 5.60 Å². The number of oxazole rings is 1. The first-order chi connectivity index (χ1) is 13.8. The van der Waals surface area contributed by atoms with Gasteiger partial charge in [-0.05, 0) is 39.1 Å². The molecule has 0 unspecified atom stereocenters. The van der Waals surface area contributed by atoms with Crippen LogP contribution in [0.3, 0.4) is 0 Å². The van der Waals surface area contributed by atoms with Crippen LogP contribution in [0.25, 0.3) is 5.00 Å². The van der Waals surface area contributed by atoms with Gasteiger partial charge in [-0.3, -0.25) is 4.79 Å². The third kappa shape index (κ3) is 5.30. The lowest BCUT2D eigenvalue weighted by molar-refractivity contribution is 0.0725. The first kappa shape index (κ1) is 22.8. The van der Waals surface area contributed by atoms with E-state index in [1.54, 1.807) is 44.1 Å². The minimum Gasteiger partial charge on any atom is -0.446 e. The highest BCUT2D eigenvalue weighted by Gasteiger charge is 2.25. The molecule has 1 N–H and O–H groups in total. The highest BCUT2D eigenvalue weighted by molar-refractivity contribution is 7.12. The summed E-state index contributed by atoms with van der Waals surface area (Å²) in [6.45, 7) is 12.1. The zero-order valence-corrected chi connectivity index (χ0v) is 18.7. The second-order valence-corrected chi connectivity index (χ2v) is 7.56. The quantitative estimate of drug-likeness (QED) is 0.629. The molecule has 9 heteroatoms. The SMILES string of the molecule is CC.CCN(CCc1nc(C(C)(C)O)c(C)o1)C(=O)c1ccsc1-n1nccn1. The summed E-state index contributed by atoms with van der Waals surface area (Å²) >= 11 is 1.42. The van der Waals surface area contributed by atoms with E-state index in [9.17, 15) is 9.90 Å². The van der Waals surface area contributed by atoms with Crippen LogP contribution in [0.15, 0.2) is 28.3 Å². The molecule has 0 radical (unpaired) electrons. The zero-order chi connectivity index (χ0) is 21.6. The van der Waals surface area contributed by atoms with Gasteiger partial charge in [-0.25, -0.2) is 4.98 Å². The van der Waals surface area contributed by atoms with Gasteiger partial charge < -0.3 is 14.4 Å². The number of carbonyl (C=O) groups is 1. The van der Waals surface area contributed by atoms with Crippen LogP contribution in [0, 0.1) is 6.92 Å². The summed E-state index contributed by atoms with van der Waals surface area (Å²) in [6, 6.07) is 1.79. The molecule has 0 aliphatic heterocycles.